The van der Waals surface area contributed by atoms with Gasteiger partial charge in [0.2, 0.25) is 0 Å². The van der Waals surface area contributed by atoms with Gasteiger partial charge in [-0.3, -0.25) is 14.0 Å². The van der Waals surface area contributed by atoms with E-state index in [0.717, 1.165) is 35.4 Å². The van der Waals surface area contributed by atoms with Gasteiger partial charge in [-0.15, -0.1) is 5.10 Å². The van der Waals surface area contributed by atoms with E-state index in [1.54, 1.807) is 16.8 Å². The molecule has 0 spiro atoms. The van der Waals surface area contributed by atoms with Crippen molar-refractivity contribution in [3.63, 3.8) is 0 Å². The first kappa shape index (κ1) is 19.9. The van der Waals surface area contributed by atoms with Crippen molar-refractivity contribution in [3.05, 3.63) is 70.9 Å². The second-order valence-corrected chi connectivity index (χ2v) is 8.60. The molecule has 0 bridgehead atoms. The first-order valence-corrected chi connectivity index (χ1v) is 11.3. The number of fused-ring (bicyclic) bond motifs is 2. The fourth-order valence-electron chi connectivity index (χ4n) is 4.54. The molecule has 166 valence electrons. The molecule has 0 atom stereocenters. The third-order valence-electron chi connectivity index (χ3n) is 6.37. The lowest BCUT2D eigenvalue weighted by atomic mass is 10.2. The van der Waals surface area contributed by atoms with E-state index in [9.17, 15) is 4.79 Å². The third-order valence-corrected chi connectivity index (χ3v) is 6.37. The molecule has 5 heterocycles. The topological polar surface area (TPSA) is 82.0 Å². The van der Waals surface area contributed by atoms with Crippen molar-refractivity contribution in [1.82, 2.24) is 29.4 Å². The Labute approximate surface area is 190 Å². The number of aromatic nitrogens is 5. The highest BCUT2D eigenvalue weighted by molar-refractivity contribution is 5.83. The Balaban J connectivity index is 1.32. The Kier molecular flexibility index (Phi) is 4.80. The lowest BCUT2D eigenvalue weighted by Gasteiger charge is -2.14. The molecule has 1 saturated heterocycles. The summed E-state index contributed by atoms with van der Waals surface area (Å²) < 4.78 is 9.57. The maximum atomic E-state index is 13.3. The molecule has 0 saturated carbocycles. The van der Waals surface area contributed by atoms with Crippen LogP contribution in [-0.2, 0) is 6.54 Å². The smallest absolute Gasteiger partial charge is 0.266 e. The second kappa shape index (κ2) is 7.97. The molecular formula is C25H24N6O2. The maximum Gasteiger partial charge on any atom is 0.266 e. The highest BCUT2D eigenvalue weighted by Gasteiger charge is 2.15. The minimum absolute atomic E-state index is 0.136. The summed E-state index contributed by atoms with van der Waals surface area (Å²) in [6.45, 7) is 6.13. The number of hydrogen-bond donors (Lipinski definition) is 0. The highest BCUT2D eigenvalue weighted by atomic mass is 16.3. The van der Waals surface area contributed by atoms with E-state index in [2.05, 4.69) is 20.2 Å². The molecule has 1 fully saturated rings. The van der Waals surface area contributed by atoms with Gasteiger partial charge in [-0.1, -0.05) is 0 Å². The molecule has 0 aliphatic carbocycles. The van der Waals surface area contributed by atoms with Gasteiger partial charge in [-0.2, -0.15) is 10.2 Å². The largest absolute Gasteiger partial charge is 0.454 e. The number of rotatable bonds is 5. The number of pyridine rings is 1. The molecule has 0 N–H and O–H groups in total. The van der Waals surface area contributed by atoms with Crippen molar-refractivity contribution in [2.24, 2.45) is 0 Å². The van der Waals surface area contributed by atoms with E-state index in [1.165, 1.54) is 25.9 Å². The van der Waals surface area contributed by atoms with Crippen LogP contribution in [0.25, 0.3) is 39.0 Å². The van der Waals surface area contributed by atoms with Crippen LogP contribution in [0.15, 0.2) is 64.1 Å². The van der Waals surface area contributed by atoms with Gasteiger partial charge in [0.05, 0.1) is 29.3 Å². The van der Waals surface area contributed by atoms with Gasteiger partial charge in [0, 0.05) is 23.8 Å². The van der Waals surface area contributed by atoms with Gasteiger partial charge in [-0.05, 0) is 75.3 Å². The van der Waals surface area contributed by atoms with Crippen LogP contribution in [0.3, 0.4) is 0 Å². The highest BCUT2D eigenvalue weighted by Crippen LogP contribution is 2.25. The molecule has 1 aromatic carbocycles. The van der Waals surface area contributed by atoms with Crippen molar-refractivity contribution in [2.45, 2.75) is 26.3 Å². The zero-order valence-electron chi connectivity index (χ0n) is 18.4. The molecule has 1 aliphatic heterocycles. The van der Waals surface area contributed by atoms with Gasteiger partial charge in [0.25, 0.3) is 5.56 Å². The molecule has 8 nitrogen and oxygen atoms in total. The number of likely N-dealkylation sites (tertiary alicyclic amines) is 1. The van der Waals surface area contributed by atoms with Gasteiger partial charge >= 0.3 is 0 Å². The summed E-state index contributed by atoms with van der Waals surface area (Å²) in [5, 5.41) is 14.4. The monoisotopic (exact) mass is 440 g/mol. The van der Waals surface area contributed by atoms with Crippen LogP contribution in [0.2, 0.25) is 0 Å². The first-order chi connectivity index (χ1) is 16.2. The van der Waals surface area contributed by atoms with Crippen LogP contribution < -0.4 is 5.56 Å². The van der Waals surface area contributed by atoms with E-state index in [-0.39, 0.29) is 5.56 Å². The number of aryl methyl sites for hydroxylation is 1. The first-order valence-electron chi connectivity index (χ1n) is 11.3. The van der Waals surface area contributed by atoms with Crippen molar-refractivity contribution in [1.29, 1.82) is 0 Å². The summed E-state index contributed by atoms with van der Waals surface area (Å²) in [4.78, 5) is 15.7. The Morgan fingerprint density at radius 1 is 1.00 bits per heavy atom. The minimum atomic E-state index is -0.136. The SMILES string of the molecule is Cc1ccc(-c2cc3c(=O)n(-c4ccc5c(cnn5CCN5CCCC5)c4)ccc3o2)nn1. The number of benzene rings is 1. The Morgan fingerprint density at radius 2 is 1.88 bits per heavy atom. The van der Waals surface area contributed by atoms with Crippen LogP contribution in [-0.4, -0.2) is 49.1 Å². The third kappa shape index (κ3) is 3.62. The Morgan fingerprint density at radius 3 is 2.70 bits per heavy atom. The molecule has 5 aromatic rings. The van der Waals surface area contributed by atoms with E-state index < -0.39 is 0 Å². The minimum Gasteiger partial charge on any atom is -0.454 e. The fourth-order valence-corrected chi connectivity index (χ4v) is 4.54. The molecule has 0 unspecified atom stereocenters. The fraction of sp³-hybridized carbons (Fsp3) is 0.280. The van der Waals surface area contributed by atoms with E-state index in [0.29, 0.717) is 22.4 Å². The normalized spacial score (nSPS) is 14.6. The Bertz CT molecular complexity index is 1510. The van der Waals surface area contributed by atoms with E-state index in [4.69, 9.17) is 4.42 Å². The van der Waals surface area contributed by atoms with Gasteiger partial charge in [0.1, 0.15) is 11.3 Å². The van der Waals surface area contributed by atoms with E-state index in [1.807, 2.05) is 54.2 Å². The zero-order chi connectivity index (χ0) is 22.4. The molecule has 1 aliphatic rings. The van der Waals surface area contributed by atoms with Crippen molar-refractivity contribution >= 4 is 21.9 Å². The predicted molar refractivity (Wildman–Crippen MR) is 127 cm³/mol. The van der Waals surface area contributed by atoms with E-state index >= 15 is 0 Å². The molecule has 33 heavy (non-hydrogen) atoms. The second-order valence-electron chi connectivity index (χ2n) is 8.60. The maximum absolute atomic E-state index is 13.3. The van der Waals surface area contributed by atoms with Crippen LogP contribution in [0.1, 0.15) is 18.5 Å². The summed E-state index contributed by atoms with van der Waals surface area (Å²) in [6.07, 6.45) is 6.20. The lowest BCUT2D eigenvalue weighted by Crippen LogP contribution is -2.24. The van der Waals surface area contributed by atoms with Crippen LogP contribution in [0, 0.1) is 6.92 Å². The molecule has 4 aromatic heterocycles. The standard InChI is InChI=1S/C25H24N6O2/c1-17-4-6-21(28-27-17)24-15-20-23(33-24)8-11-30(25(20)32)19-5-7-22-18(14-19)16-26-31(22)13-12-29-9-2-3-10-29/h4-8,11,14-16H,2-3,9-10,12-13H2,1H3. The van der Waals surface area contributed by atoms with Gasteiger partial charge in [-0.25, -0.2) is 0 Å². The van der Waals surface area contributed by atoms with Gasteiger partial charge < -0.3 is 9.32 Å². The van der Waals surface area contributed by atoms with Crippen LogP contribution >= 0.6 is 0 Å². The Hall–Kier alpha value is -3.78. The van der Waals surface area contributed by atoms with Crippen molar-refractivity contribution in [2.75, 3.05) is 19.6 Å². The molecular weight excluding hydrogens is 416 g/mol. The predicted octanol–water partition coefficient (Wildman–Crippen LogP) is 3.79. The van der Waals surface area contributed by atoms with Gasteiger partial charge in [0.15, 0.2) is 5.76 Å². The van der Waals surface area contributed by atoms with Crippen molar-refractivity contribution in [3.8, 4) is 17.1 Å². The van der Waals surface area contributed by atoms with Crippen LogP contribution in [0.4, 0.5) is 0 Å². The molecule has 0 amide bonds. The average molecular weight is 441 g/mol. The average Bonchev–Trinajstić information content (AvgIpc) is 3.58. The van der Waals surface area contributed by atoms with Crippen molar-refractivity contribution < 1.29 is 4.42 Å². The quantitative estimate of drug-likeness (QED) is 0.414. The van der Waals surface area contributed by atoms with Crippen LogP contribution in [0.5, 0.6) is 0 Å². The number of hydrogen-bond acceptors (Lipinski definition) is 6. The number of furan rings is 1. The molecule has 8 heteroatoms. The number of nitrogens with zero attached hydrogens (tertiary/aromatic N) is 6. The summed E-state index contributed by atoms with van der Waals surface area (Å²) >= 11 is 0. The summed E-state index contributed by atoms with van der Waals surface area (Å²) in [5.74, 6) is 0.530. The lowest BCUT2D eigenvalue weighted by molar-refractivity contribution is 0.318. The molecule has 6 rings (SSSR count). The molecule has 0 radical (unpaired) electrons. The zero-order valence-corrected chi connectivity index (χ0v) is 18.4. The summed E-state index contributed by atoms with van der Waals surface area (Å²) in [6, 6.07) is 13.3. The summed E-state index contributed by atoms with van der Waals surface area (Å²) in [7, 11) is 0. The summed E-state index contributed by atoms with van der Waals surface area (Å²) in [5.41, 5.74) is 3.70.